The lowest BCUT2D eigenvalue weighted by Crippen LogP contribution is -2.38. The van der Waals surface area contributed by atoms with Crippen LogP contribution in [-0.2, 0) is 0 Å². The van der Waals surface area contributed by atoms with Crippen LogP contribution in [0, 0.1) is 0 Å². The van der Waals surface area contributed by atoms with Crippen LogP contribution < -0.4 is 5.32 Å². The average Bonchev–Trinajstić information content (AvgIpc) is 2.51. The third-order valence-electron chi connectivity index (χ3n) is 3.80. The summed E-state index contributed by atoms with van der Waals surface area (Å²) in [5, 5.41) is 3.81. The molecule has 0 bridgehead atoms. The van der Waals surface area contributed by atoms with E-state index < -0.39 is 0 Å². The number of likely N-dealkylation sites (tertiary alicyclic amines) is 1. The fraction of sp³-hybridized carbons (Fsp3) is 1.00. The van der Waals surface area contributed by atoms with Gasteiger partial charge in [0.25, 0.3) is 0 Å². The molecule has 3 heteroatoms. The summed E-state index contributed by atoms with van der Waals surface area (Å²) in [5.74, 6) is 0. The predicted octanol–water partition coefficient (Wildman–Crippen LogP) is 1.79. The summed E-state index contributed by atoms with van der Waals surface area (Å²) in [6, 6.07) is 1.39. The molecule has 1 fully saturated rings. The molecule has 2 atom stereocenters. The van der Waals surface area contributed by atoms with E-state index in [1.54, 1.807) is 0 Å². The highest BCUT2D eigenvalue weighted by molar-refractivity contribution is 4.77. The topological polar surface area (TPSA) is 18.5 Å². The van der Waals surface area contributed by atoms with Gasteiger partial charge in [-0.05, 0) is 72.9 Å². The smallest absolute Gasteiger partial charge is 0.00821 e. The lowest BCUT2D eigenvalue weighted by Gasteiger charge is -2.23. The molecule has 2 unspecified atom stereocenters. The summed E-state index contributed by atoms with van der Waals surface area (Å²) in [4.78, 5) is 4.84. The molecule has 1 saturated heterocycles. The average molecular weight is 241 g/mol. The molecule has 0 saturated carbocycles. The van der Waals surface area contributed by atoms with Gasteiger partial charge in [-0.1, -0.05) is 6.92 Å². The summed E-state index contributed by atoms with van der Waals surface area (Å²) >= 11 is 0. The Balaban J connectivity index is 2.21. The van der Waals surface area contributed by atoms with Gasteiger partial charge in [-0.15, -0.1) is 0 Å². The molecule has 1 N–H and O–H groups in total. The minimum atomic E-state index is 0.649. The summed E-state index contributed by atoms with van der Waals surface area (Å²) in [5.41, 5.74) is 0. The van der Waals surface area contributed by atoms with Crippen LogP contribution in [0.15, 0.2) is 0 Å². The Kier molecular flexibility index (Phi) is 7.09. The molecular formula is C14H31N3. The maximum Gasteiger partial charge on any atom is 0.00821 e. The van der Waals surface area contributed by atoms with E-state index in [9.17, 15) is 0 Å². The van der Waals surface area contributed by atoms with E-state index in [-0.39, 0.29) is 0 Å². The highest BCUT2D eigenvalue weighted by Crippen LogP contribution is 2.12. The number of hydrogen-bond acceptors (Lipinski definition) is 3. The zero-order valence-corrected chi connectivity index (χ0v) is 12.2. The van der Waals surface area contributed by atoms with Gasteiger partial charge in [0.2, 0.25) is 0 Å². The Morgan fingerprint density at radius 2 is 2.06 bits per heavy atom. The molecule has 1 aliphatic heterocycles. The van der Waals surface area contributed by atoms with Crippen LogP contribution in [0.2, 0.25) is 0 Å². The third kappa shape index (κ3) is 6.39. The van der Waals surface area contributed by atoms with E-state index in [0.29, 0.717) is 6.04 Å². The Labute approximate surface area is 108 Å². The molecule has 3 nitrogen and oxygen atoms in total. The summed E-state index contributed by atoms with van der Waals surface area (Å²) < 4.78 is 0. The Morgan fingerprint density at radius 1 is 1.29 bits per heavy atom. The van der Waals surface area contributed by atoms with Crippen LogP contribution in [0.5, 0.6) is 0 Å². The second-order valence-corrected chi connectivity index (χ2v) is 5.72. The first-order valence-corrected chi connectivity index (χ1v) is 7.25. The van der Waals surface area contributed by atoms with Crippen molar-refractivity contribution in [2.75, 3.05) is 40.3 Å². The maximum absolute atomic E-state index is 3.81. The zero-order chi connectivity index (χ0) is 12.7. The van der Waals surface area contributed by atoms with Crippen LogP contribution >= 0.6 is 0 Å². The van der Waals surface area contributed by atoms with Gasteiger partial charge in [0.15, 0.2) is 0 Å². The van der Waals surface area contributed by atoms with E-state index in [1.165, 1.54) is 51.9 Å². The van der Waals surface area contributed by atoms with Crippen molar-refractivity contribution in [3.8, 4) is 0 Å². The van der Waals surface area contributed by atoms with Crippen molar-refractivity contribution in [2.45, 2.75) is 51.6 Å². The summed E-state index contributed by atoms with van der Waals surface area (Å²) in [7, 11) is 4.30. The van der Waals surface area contributed by atoms with Gasteiger partial charge in [-0.2, -0.15) is 0 Å². The normalized spacial score (nSPS) is 24.9. The third-order valence-corrected chi connectivity index (χ3v) is 3.80. The van der Waals surface area contributed by atoms with Gasteiger partial charge >= 0.3 is 0 Å². The summed E-state index contributed by atoms with van der Waals surface area (Å²) in [6.45, 7) is 9.56. The van der Waals surface area contributed by atoms with Gasteiger partial charge in [-0.25, -0.2) is 0 Å². The van der Waals surface area contributed by atoms with Crippen molar-refractivity contribution in [3.05, 3.63) is 0 Å². The van der Waals surface area contributed by atoms with Crippen LogP contribution in [0.3, 0.4) is 0 Å². The number of hydrogen-bond donors (Lipinski definition) is 1. The highest BCUT2D eigenvalue weighted by Gasteiger charge is 2.17. The standard InChI is InChI=1S/C14H31N3/c1-5-17-10-6-7-14(9-12-17)15-13(2)8-11-16(3)4/h13-15H,5-12H2,1-4H3. The number of nitrogens with one attached hydrogen (secondary N) is 1. The monoisotopic (exact) mass is 241 g/mol. The molecule has 1 heterocycles. The molecule has 0 spiro atoms. The highest BCUT2D eigenvalue weighted by atomic mass is 15.1. The maximum atomic E-state index is 3.81. The Hall–Kier alpha value is -0.120. The largest absolute Gasteiger partial charge is 0.311 e. The van der Waals surface area contributed by atoms with Crippen molar-refractivity contribution < 1.29 is 0 Å². The Bertz CT molecular complexity index is 194. The fourth-order valence-electron chi connectivity index (χ4n) is 2.58. The van der Waals surface area contributed by atoms with E-state index in [0.717, 1.165) is 6.04 Å². The molecule has 17 heavy (non-hydrogen) atoms. The first-order chi connectivity index (χ1) is 8.11. The predicted molar refractivity (Wildman–Crippen MR) is 75.5 cm³/mol. The van der Waals surface area contributed by atoms with Gasteiger partial charge < -0.3 is 15.1 Å². The fourth-order valence-corrected chi connectivity index (χ4v) is 2.58. The van der Waals surface area contributed by atoms with Crippen LogP contribution in [-0.4, -0.2) is 62.2 Å². The lowest BCUT2D eigenvalue weighted by molar-refractivity contribution is 0.293. The molecule has 0 aromatic rings. The molecule has 0 amide bonds. The molecule has 0 aromatic heterocycles. The van der Waals surface area contributed by atoms with Crippen molar-refractivity contribution in [1.29, 1.82) is 0 Å². The minimum absolute atomic E-state index is 0.649. The Morgan fingerprint density at radius 3 is 2.71 bits per heavy atom. The van der Waals surface area contributed by atoms with Crippen molar-refractivity contribution in [3.63, 3.8) is 0 Å². The first kappa shape index (κ1) is 14.9. The molecule has 1 aliphatic rings. The zero-order valence-electron chi connectivity index (χ0n) is 12.2. The lowest BCUT2D eigenvalue weighted by atomic mass is 10.1. The number of nitrogens with zero attached hydrogens (tertiary/aromatic N) is 2. The van der Waals surface area contributed by atoms with Gasteiger partial charge in [0.1, 0.15) is 0 Å². The van der Waals surface area contributed by atoms with E-state index in [2.05, 4.69) is 43.1 Å². The molecule has 0 radical (unpaired) electrons. The van der Waals surface area contributed by atoms with Crippen molar-refractivity contribution in [1.82, 2.24) is 15.1 Å². The van der Waals surface area contributed by atoms with Crippen LogP contribution in [0.1, 0.15) is 39.5 Å². The van der Waals surface area contributed by atoms with Crippen molar-refractivity contribution >= 4 is 0 Å². The quantitative estimate of drug-likeness (QED) is 0.765. The van der Waals surface area contributed by atoms with E-state index in [4.69, 9.17) is 0 Å². The van der Waals surface area contributed by atoms with Gasteiger partial charge in [0.05, 0.1) is 0 Å². The van der Waals surface area contributed by atoms with E-state index in [1.807, 2.05) is 0 Å². The number of rotatable bonds is 6. The second kappa shape index (κ2) is 8.06. The van der Waals surface area contributed by atoms with Crippen LogP contribution in [0.25, 0.3) is 0 Å². The molecule has 0 aromatic carbocycles. The first-order valence-electron chi connectivity index (χ1n) is 7.25. The SMILES string of the molecule is CCN1CCCC(NC(C)CCN(C)C)CC1. The van der Waals surface area contributed by atoms with Gasteiger partial charge in [-0.3, -0.25) is 0 Å². The van der Waals surface area contributed by atoms with Crippen LogP contribution in [0.4, 0.5) is 0 Å². The second-order valence-electron chi connectivity index (χ2n) is 5.72. The van der Waals surface area contributed by atoms with Gasteiger partial charge in [0, 0.05) is 12.1 Å². The summed E-state index contributed by atoms with van der Waals surface area (Å²) in [6.07, 6.45) is 5.27. The van der Waals surface area contributed by atoms with Crippen molar-refractivity contribution in [2.24, 2.45) is 0 Å². The van der Waals surface area contributed by atoms with E-state index >= 15 is 0 Å². The molecule has 102 valence electrons. The molecule has 1 rings (SSSR count). The molecular weight excluding hydrogens is 210 g/mol. The molecule has 0 aliphatic carbocycles. The minimum Gasteiger partial charge on any atom is -0.311 e.